The van der Waals surface area contributed by atoms with Gasteiger partial charge in [-0.2, -0.15) is 0 Å². The van der Waals surface area contributed by atoms with E-state index in [2.05, 4.69) is 16.1 Å². The standard InChI is InChI=1S/C8H13N3/c1-10-6-8(9-7-10)11-4-2-3-5-11/h6-7H,2-5H2,1H3. The molecule has 0 aromatic carbocycles. The van der Waals surface area contributed by atoms with Crippen molar-refractivity contribution in [1.82, 2.24) is 9.55 Å². The van der Waals surface area contributed by atoms with Gasteiger partial charge in [0.05, 0.1) is 6.33 Å². The van der Waals surface area contributed by atoms with Crippen LogP contribution in [-0.4, -0.2) is 22.6 Å². The maximum atomic E-state index is 4.29. The topological polar surface area (TPSA) is 21.1 Å². The largest absolute Gasteiger partial charge is 0.355 e. The number of hydrogen-bond donors (Lipinski definition) is 0. The van der Waals surface area contributed by atoms with Gasteiger partial charge in [-0.25, -0.2) is 4.98 Å². The highest BCUT2D eigenvalue weighted by atomic mass is 15.2. The van der Waals surface area contributed by atoms with Crippen LogP contribution in [0.2, 0.25) is 0 Å². The van der Waals surface area contributed by atoms with Crippen LogP contribution in [-0.2, 0) is 7.05 Å². The summed E-state index contributed by atoms with van der Waals surface area (Å²) in [5.74, 6) is 1.13. The summed E-state index contributed by atoms with van der Waals surface area (Å²) in [7, 11) is 2.01. The lowest BCUT2D eigenvalue weighted by Crippen LogP contribution is -2.17. The van der Waals surface area contributed by atoms with E-state index < -0.39 is 0 Å². The quantitative estimate of drug-likeness (QED) is 0.597. The van der Waals surface area contributed by atoms with Gasteiger partial charge in [-0.1, -0.05) is 0 Å². The highest BCUT2D eigenvalue weighted by Gasteiger charge is 2.13. The van der Waals surface area contributed by atoms with E-state index in [-0.39, 0.29) is 0 Å². The molecule has 0 radical (unpaired) electrons. The van der Waals surface area contributed by atoms with E-state index in [1.807, 2.05) is 17.9 Å². The predicted octanol–water partition coefficient (Wildman–Crippen LogP) is 1.02. The summed E-state index contributed by atoms with van der Waals surface area (Å²) in [6.45, 7) is 2.36. The molecule has 0 saturated carbocycles. The van der Waals surface area contributed by atoms with Gasteiger partial charge in [0.2, 0.25) is 0 Å². The summed E-state index contributed by atoms with van der Waals surface area (Å²) in [5.41, 5.74) is 0. The number of aryl methyl sites for hydroxylation is 1. The van der Waals surface area contributed by atoms with Crippen molar-refractivity contribution in [2.75, 3.05) is 18.0 Å². The second kappa shape index (κ2) is 2.57. The molecule has 1 aliphatic heterocycles. The van der Waals surface area contributed by atoms with Crippen LogP contribution >= 0.6 is 0 Å². The molecular formula is C8H13N3. The molecule has 0 spiro atoms. The summed E-state index contributed by atoms with van der Waals surface area (Å²) in [6.07, 6.45) is 6.56. The molecule has 2 heterocycles. The fourth-order valence-electron chi connectivity index (χ4n) is 1.51. The summed E-state index contributed by atoms with van der Waals surface area (Å²) in [5, 5.41) is 0. The van der Waals surface area contributed by atoms with Crippen LogP contribution in [0.1, 0.15) is 12.8 Å². The van der Waals surface area contributed by atoms with Crippen LogP contribution in [0.4, 0.5) is 5.82 Å². The van der Waals surface area contributed by atoms with Crippen molar-refractivity contribution in [3.63, 3.8) is 0 Å². The Balaban J connectivity index is 2.15. The van der Waals surface area contributed by atoms with Crippen LogP contribution in [0.3, 0.4) is 0 Å². The highest BCUT2D eigenvalue weighted by Crippen LogP contribution is 2.16. The lowest BCUT2D eigenvalue weighted by atomic mass is 10.4. The van der Waals surface area contributed by atoms with Crippen molar-refractivity contribution in [2.45, 2.75) is 12.8 Å². The fraction of sp³-hybridized carbons (Fsp3) is 0.625. The van der Waals surface area contributed by atoms with E-state index in [1.54, 1.807) is 0 Å². The lowest BCUT2D eigenvalue weighted by molar-refractivity contribution is 0.910. The van der Waals surface area contributed by atoms with Gasteiger partial charge in [0.15, 0.2) is 0 Å². The van der Waals surface area contributed by atoms with Crippen molar-refractivity contribution in [2.24, 2.45) is 7.05 Å². The van der Waals surface area contributed by atoms with Gasteiger partial charge in [-0.05, 0) is 12.8 Å². The minimum Gasteiger partial charge on any atom is -0.355 e. The van der Waals surface area contributed by atoms with Crippen LogP contribution in [0.5, 0.6) is 0 Å². The van der Waals surface area contributed by atoms with Gasteiger partial charge in [0.25, 0.3) is 0 Å². The van der Waals surface area contributed by atoms with Gasteiger partial charge in [0.1, 0.15) is 5.82 Å². The van der Waals surface area contributed by atoms with E-state index in [1.165, 1.54) is 25.9 Å². The normalized spacial score (nSPS) is 17.7. The third-order valence-electron chi connectivity index (χ3n) is 2.12. The number of anilines is 1. The molecule has 1 aliphatic rings. The summed E-state index contributed by atoms with van der Waals surface area (Å²) in [4.78, 5) is 6.62. The molecule has 0 unspecified atom stereocenters. The average Bonchev–Trinajstić information content (AvgIpc) is 2.55. The number of hydrogen-bond acceptors (Lipinski definition) is 2. The molecule has 0 aliphatic carbocycles. The summed E-state index contributed by atoms with van der Waals surface area (Å²) < 4.78 is 1.99. The molecule has 1 fully saturated rings. The fourth-order valence-corrected chi connectivity index (χ4v) is 1.51. The molecule has 3 nitrogen and oxygen atoms in total. The maximum absolute atomic E-state index is 4.29. The Morgan fingerprint density at radius 2 is 2.09 bits per heavy atom. The molecule has 60 valence electrons. The Labute approximate surface area is 66.6 Å². The van der Waals surface area contributed by atoms with E-state index in [4.69, 9.17) is 0 Å². The molecule has 0 atom stereocenters. The Morgan fingerprint density at radius 1 is 1.36 bits per heavy atom. The molecular weight excluding hydrogens is 138 g/mol. The van der Waals surface area contributed by atoms with Crippen LogP contribution in [0.25, 0.3) is 0 Å². The first kappa shape index (κ1) is 6.70. The van der Waals surface area contributed by atoms with Crippen molar-refractivity contribution in [3.05, 3.63) is 12.5 Å². The molecule has 1 aromatic heterocycles. The zero-order chi connectivity index (χ0) is 7.68. The first-order valence-corrected chi connectivity index (χ1v) is 4.09. The predicted molar refractivity (Wildman–Crippen MR) is 44.7 cm³/mol. The first-order chi connectivity index (χ1) is 5.36. The van der Waals surface area contributed by atoms with E-state index >= 15 is 0 Å². The first-order valence-electron chi connectivity index (χ1n) is 4.09. The number of imidazole rings is 1. The number of nitrogens with zero attached hydrogens (tertiary/aromatic N) is 3. The lowest BCUT2D eigenvalue weighted by Gasteiger charge is -2.12. The second-order valence-corrected chi connectivity index (χ2v) is 3.09. The van der Waals surface area contributed by atoms with Crippen molar-refractivity contribution in [3.8, 4) is 0 Å². The van der Waals surface area contributed by atoms with E-state index in [9.17, 15) is 0 Å². The zero-order valence-corrected chi connectivity index (χ0v) is 6.82. The molecule has 0 amide bonds. The van der Waals surface area contributed by atoms with Crippen LogP contribution in [0.15, 0.2) is 12.5 Å². The van der Waals surface area contributed by atoms with Crippen molar-refractivity contribution in [1.29, 1.82) is 0 Å². The van der Waals surface area contributed by atoms with Gasteiger partial charge >= 0.3 is 0 Å². The Morgan fingerprint density at radius 3 is 2.64 bits per heavy atom. The van der Waals surface area contributed by atoms with Crippen LogP contribution < -0.4 is 4.90 Å². The maximum Gasteiger partial charge on any atom is 0.146 e. The SMILES string of the molecule is Cn1cnc(N2CCCC2)c1. The molecule has 3 heteroatoms. The minimum absolute atomic E-state index is 1.13. The Bertz CT molecular complexity index is 235. The van der Waals surface area contributed by atoms with E-state index in [0.29, 0.717) is 0 Å². The van der Waals surface area contributed by atoms with E-state index in [0.717, 1.165) is 5.82 Å². The highest BCUT2D eigenvalue weighted by molar-refractivity contribution is 5.36. The van der Waals surface area contributed by atoms with Gasteiger partial charge in [-0.15, -0.1) is 0 Å². The van der Waals surface area contributed by atoms with Crippen LogP contribution in [0, 0.1) is 0 Å². The van der Waals surface area contributed by atoms with Gasteiger partial charge in [0, 0.05) is 26.3 Å². The monoisotopic (exact) mass is 151 g/mol. The zero-order valence-electron chi connectivity index (χ0n) is 6.82. The smallest absolute Gasteiger partial charge is 0.146 e. The third-order valence-corrected chi connectivity index (χ3v) is 2.12. The van der Waals surface area contributed by atoms with Crippen molar-refractivity contribution >= 4 is 5.82 Å². The molecule has 11 heavy (non-hydrogen) atoms. The summed E-state index contributed by atoms with van der Waals surface area (Å²) in [6, 6.07) is 0. The average molecular weight is 151 g/mol. The molecule has 2 rings (SSSR count). The third kappa shape index (κ3) is 1.23. The molecule has 1 aromatic rings. The van der Waals surface area contributed by atoms with Crippen molar-refractivity contribution < 1.29 is 0 Å². The molecule has 1 saturated heterocycles. The van der Waals surface area contributed by atoms with Gasteiger partial charge < -0.3 is 9.47 Å². The molecule has 0 N–H and O–H groups in total. The molecule has 0 bridgehead atoms. The summed E-state index contributed by atoms with van der Waals surface area (Å²) >= 11 is 0. The second-order valence-electron chi connectivity index (χ2n) is 3.09. The Kier molecular flexibility index (Phi) is 1.56. The minimum atomic E-state index is 1.13. The van der Waals surface area contributed by atoms with Gasteiger partial charge in [-0.3, -0.25) is 0 Å². The Hall–Kier alpha value is -0.990. The number of rotatable bonds is 1. The number of aromatic nitrogens is 2.